The maximum atomic E-state index is 13.7. The van der Waals surface area contributed by atoms with Crippen molar-refractivity contribution in [3.63, 3.8) is 0 Å². The Hall–Kier alpha value is -3.60. The van der Waals surface area contributed by atoms with Crippen LogP contribution in [0.15, 0.2) is 78.9 Å². The van der Waals surface area contributed by atoms with E-state index in [1.807, 2.05) is 30.3 Å². The summed E-state index contributed by atoms with van der Waals surface area (Å²) in [5.74, 6) is -1.48. The topological polar surface area (TPSA) is 101 Å². The third-order valence-corrected chi connectivity index (χ3v) is 6.50. The van der Waals surface area contributed by atoms with Gasteiger partial charge in [-0.2, -0.15) is 0 Å². The summed E-state index contributed by atoms with van der Waals surface area (Å²) in [5, 5.41) is 11.3. The van der Waals surface area contributed by atoms with E-state index in [0.717, 1.165) is 14.0 Å². The number of non-ortho nitro benzene ring substituents is 1. The normalized spacial score (nSPS) is 16.4. The van der Waals surface area contributed by atoms with E-state index in [9.17, 15) is 24.5 Å². The molecule has 1 fully saturated rings. The first kappa shape index (κ1) is 23.6. The van der Waals surface area contributed by atoms with Crippen molar-refractivity contribution in [3.05, 3.63) is 104 Å². The van der Waals surface area contributed by atoms with E-state index >= 15 is 0 Å². The van der Waals surface area contributed by atoms with E-state index in [0.29, 0.717) is 5.69 Å². The van der Waals surface area contributed by atoms with Crippen LogP contribution in [0, 0.1) is 13.7 Å². The van der Waals surface area contributed by atoms with Gasteiger partial charge in [0.25, 0.3) is 17.5 Å². The largest absolute Gasteiger partial charge is 0.319 e. The highest BCUT2D eigenvalue weighted by Crippen LogP contribution is 2.33. The number of nitro benzene ring substituents is 1. The Kier molecular flexibility index (Phi) is 6.73. The van der Waals surface area contributed by atoms with Crippen molar-refractivity contribution in [2.75, 3.05) is 4.90 Å². The first-order valence-electron chi connectivity index (χ1n) is 10.5. The average Bonchev–Trinajstić information content (AvgIpc) is 3.13. The lowest BCUT2D eigenvalue weighted by Gasteiger charge is -2.33. The van der Waals surface area contributed by atoms with Crippen LogP contribution in [0.1, 0.15) is 35.3 Å². The smallest absolute Gasteiger partial charge is 0.270 e. The zero-order chi connectivity index (χ0) is 24.4. The van der Waals surface area contributed by atoms with E-state index in [2.05, 4.69) is 22.6 Å². The molecule has 34 heavy (non-hydrogen) atoms. The Morgan fingerprint density at radius 3 is 2.38 bits per heavy atom. The van der Waals surface area contributed by atoms with Gasteiger partial charge in [-0.05, 0) is 65.4 Å². The van der Waals surface area contributed by atoms with Gasteiger partial charge in [-0.3, -0.25) is 24.5 Å². The number of carbonyl (C=O) groups excluding carboxylic acids is 3. The minimum Gasteiger partial charge on any atom is -0.319 e. The summed E-state index contributed by atoms with van der Waals surface area (Å²) in [6.45, 7) is 1.77. The molecule has 0 spiro atoms. The summed E-state index contributed by atoms with van der Waals surface area (Å²) in [7, 11) is 0. The first-order chi connectivity index (χ1) is 16.3. The van der Waals surface area contributed by atoms with Crippen molar-refractivity contribution in [2.45, 2.75) is 25.4 Å². The van der Waals surface area contributed by atoms with Gasteiger partial charge in [-0.25, -0.2) is 4.90 Å². The second kappa shape index (κ2) is 9.72. The highest BCUT2D eigenvalue weighted by molar-refractivity contribution is 14.1. The van der Waals surface area contributed by atoms with Gasteiger partial charge in [0.05, 0.1) is 23.1 Å². The molecule has 2 unspecified atom stereocenters. The van der Waals surface area contributed by atoms with Crippen molar-refractivity contribution in [2.24, 2.45) is 0 Å². The molecule has 0 bridgehead atoms. The number of halogens is 1. The van der Waals surface area contributed by atoms with Crippen molar-refractivity contribution in [1.29, 1.82) is 0 Å². The predicted molar refractivity (Wildman–Crippen MR) is 134 cm³/mol. The Morgan fingerprint density at radius 2 is 1.74 bits per heavy atom. The first-order valence-corrected chi connectivity index (χ1v) is 11.6. The van der Waals surface area contributed by atoms with Crippen LogP contribution in [0.4, 0.5) is 11.4 Å². The van der Waals surface area contributed by atoms with Gasteiger partial charge in [-0.15, -0.1) is 0 Å². The second-order valence-electron chi connectivity index (χ2n) is 7.87. The molecule has 172 valence electrons. The summed E-state index contributed by atoms with van der Waals surface area (Å²) in [6.07, 6.45) is -0.178. The van der Waals surface area contributed by atoms with E-state index in [4.69, 9.17) is 0 Å². The minimum absolute atomic E-state index is 0.0740. The van der Waals surface area contributed by atoms with Gasteiger partial charge in [0.1, 0.15) is 6.04 Å². The van der Waals surface area contributed by atoms with Gasteiger partial charge < -0.3 is 4.90 Å². The standard InChI is InChI=1S/C25H20IN3O5/c1-16(17-6-3-2-4-7-17)27(24(31)18-8-5-9-21(14-18)29(33)34)22-15-23(30)28(25(22)32)20-12-10-19(26)11-13-20/h2-14,16,22H,15H2,1H3. The zero-order valence-electron chi connectivity index (χ0n) is 18.1. The molecule has 1 saturated heterocycles. The molecule has 4 rings (SSSR count). The molecule has 0 radical (unpaired) electrons. The quantitative estimate of drug-likeness (QED) is 0.185. The molecule has 1 aliphatic rings. The van der Waals surface area contributed by atoms with Gasteiger partial charge >= 0.3 is 0 Å². The van der Waals surface area contributed by atoms with Crippen LogP contribution in [-0.2, 0) is 9.59 Å². The molecule has 3 amide bonds. The molecule has 9 heteroatoms. The van der Waals surface area contributed by atoms with Crippen molar-refractivity contribution in [3.8, 4) is 0 Å². The van der Waals surface area contributed by atoms with Crippen LogP contribution in [0.5, 0.6) is 0 Å². The number of nitrogens with zero attached hydrogens (tertiary/aromatic N) is 3. The number of carbonyl (C=O) groups is 3. The van der Waals surface area contributed by atoms with Crippen molar-refractivity contribution >= 4 is 51.7 Å². The average molecular weight is 569 g/mol. The van der Waals surface area contributed by atoms with Gasteiger partial charge in [-0.1, -0.05) is 36.4 Å². The molecule has 1 heterocycles. The molecular weight excluding hydrogens is 549 g/mol. The summed E-state index contributed by atoms with van der Waals surface area (Å²) < 4.78 is 0.956. The number of rotatable bonds is 6. The monoisotopic (exact) mass is 569 g/mol. The van der Waals surface area contributed by atoms with E-state index in [-0.39, 0.29) is 17.7 Å². The SMILES string of the molecule is CC(c1ccccc1)N(C(=O)c1cccc([N+](=O)[O-])c1)C1CC(=O)N(c2ccc(I)cc2)C1=O. The third-order valence-electron chi connectivity index (χ3n) is 5.78. The molecule has 0 N–H and O–H groups in total. The lowest BCUT2D eigenvalue weighted by atomic mass is 10.0. The van der Waals surface area contributed by atoms with Gasteiger partial charge in [0.15, 0.2) is 0 Å². The molecule has 3 aromatic rings. The van der Waals surface area contributed by atoms with Crippen molar-refractivity contribution < 1.29 is 19.3 Å². The highest BCUT2D eigenvalue weighted by atomic mass is 127. The second-order valence-corrected chi connectivity index (χ2v) is 9.12. The zero-order valence-corrected chi connectivity index (χ0v) is 20.3. The number of nitro groups is 1. The molecule has 1 aliphatic heterocycles. The predicted octanol–water partition coefficient (Wildman–Crippen LogP) is 4.73. The Morgan fingerprint density at radius 1 is 1.06 bits per heavy atom. The fraction of sp³-hybridized carbons (Fsp3) is 0.160. The number of hydrogen-bond acceptors (Lipinski definition) is 5. The highest BCUT2D eigenvalue weighted by Gasteiger charge is 2.46. The van der Waals surface area contributed by atoms with Crippen LogP contribution in [-0.4, -0.2) is 33.6 Å². The maximum Gasteiger partial charge on any atom is 0.270 e. The van der Waals surface area contributed by atoms with Gasteiger partial charge in [0.2, 0.25) is 5.91 Å². The molecule has 0 aromatic heterocycles. The molecule has 3 aromatic carbocycles. The Labute approximate surface area is 209 Å². The van der Waals surface area contributed by atoms with Crippen LogP contribution in [0.25, 0.3) is 0 Å². The minimum atomic E-state index is -1.05. The third kappa shape index (κ3) is 4.56. The van der Waals surface area contributed by atoms with Gasteiger partial charge in [0, 0.05) is 21.3 Å². The lowest BCUT2D eigenvalue weighted by Crippen LogP contribution is -2.46. The number of amides is 3. The maximum absolute atomic E-state index is 13.7. The van der Waals surface area contributed by atoms with Crippen LogP contribution in [0.3, 0.4) is 0 Å². The van der Waals surface area contributed by atoms with E-state index < -0.39 is 34.7 Å². The fourth-order valence-electron chi connectivity index (χ4n) is 4.08. The fourth-order valence-corrected chi connectivity index (χ4v) is 4.44. The Bertz CT molecular complexity index is 1260. The number of benzene rings is 3. The summed E-state index contributed by atoms with van der Waals surface area (Å²) in [6, 6.07) is 19.9. The molecule has 8 nitrogen and oxygen atoms in total. The number of imide groups is 1. The van der Waals surface area contributed by atoms with Crippen LogP contribution < -0.4 is 4.90 Å². The summed E-state index contributed by atoms with van der Waals surface area (Å²) in [5.41, 5.74) is 1.06. The van der Waals surface area contributed by atoms with E-state index in [1.165, 1.54) is 29.2 Å². The van der Waals surface area contributed by atoms with Crippen molar-refractivity contribution in [1.82, 2.24) is 4.90 Å². The number of hydrogen-bond donors (Lipinski definition) is 0. The van der Waals surface area contributed by atoms with E-state index in [1.54, 1.807) is 31.2 Å². The Balaban J connectivity index is 1.75. The summed E-state index contributed by atoms with van der Waals surface area (Å²) >= 11 is 2.13. The molecule has 0 saturated carbocycles. The van der Waals surface area contributed by atoms with Crippen LogP contribution >= 0.6 is 22.6 Å². The lowest BCUT2D eigenvalue weighted by molar-refractivity contribution is -0.384. The van der Waals surface area contributed by atoms with Crippen LogP contribution in [0.2, 0.25) is 0 Å². The summed E-state index contributed by atoms with van der Waals surface area (Å²) in [4.78, 5) is 53.2. The molecular formula is C25H20IN3O5. The molecule has 0 aliphatic carbocycles. The molecule has 2 atom stereocenters. The number of anilines is 1.